The third-order valence-electron chi connectivity index (χ3n) is 7.32. The zero-order valence-electron chi connectivity index (χ0n) is 24.2. The van der Waals surface area contributed by atoms with E-state index in [1.165, 1.54) is 7.05 Å². The van der Waals surface area contributed by atoms with Gasteiger partial charge in [-0.05, 0) is 67.9 Å². The zero-order chi connectivity index (χ0) is 29.1. The van der Waals surface area contributed by atoms with Crippen molar-refractivity contribution in [2.45, 2.75) is 71.9 Å². The van der Waals surface area contributed by atoms with Gasteiger partial charge in [-0.2, -0.15) is 0 Å². The first-order chi connectivity index (χ1) is 19.2. The van der Waals surface area contributed by atoms with Gasteiger partial charge in [0.2, 0.25) is 24.1 Å². The number of carbonyl (C=O) groups is 4. The molecule has 2 aromatic carbocycles. The molecule has 0 bridgehead atoms. The van der Waals surface area contributed by atoms with Crippen LogP contribution >= 0.6 is 0 Å². The van der Waals surface area contributed by atoms with Crippen molar-refractivity contribution in [2.75, 3.05) is 13.6 Å². The fourth-order valence-electron chi connectivity index (χ4n) is 5.31. The topological polar surface area (TPSA) is 96.0 Å². The van der Waals surface area contributed by atoms with Crippen LogP contribution in [0.25, 0.3) is 0 Å². The lowest BCUT2D eigenvalue weighted by Gasteiger charge is -2.30. The van der Waals surface area contributed by atoms with E-state index in [1.54, 1.807) is 4.90 Å². The highest BCUT2D eigenvalue weighted by atomic mass is 16.5. The zero-order valence-corrected chi connectivity index (χ0v) is 24.2. The van der Waals surface area contributed by atoms with Crippen molar-refractivity contribution in [3.05, 3.63) is 60.2 Å². The number of para-hydroxylation sites is 1. The molecule has 0 saturated carbocycles. The van der Waals surface area contributed by atoms with Gasteiger partial charge in [-0.1, -0.05) is 57.5 Å². The Morgan fingerprint density at radius 1 is 1.07 bits per heavy atom. The van der Waals surface area contributed by atoms with Gasteiger partial charge in [0, 0.05) is 26.1 Å². The van der Waals surface area contributed by atoms with Crippen molar-refractivity contribution in [2.24, 2.45) is 17.8 Å². The second-order valence-electron chi connectivity index (χ2n) is 11.1. The summed E-state index contributed by atoms with van der Waals surface area (Å²) in [4.78, 5) is 54.5. The first-order valence-electron chi connectivity index (χ1n) is 14.4. The monoisotopic (exact) mass is 549 g/mol. The smallest absolute Gasteiger partial charge is 0.245 e. The summed E-state index contributed by atoms with van der Waals surface area (Å²) in [5.41, 5.74) is 0.942. The number of nitrogens with zero attached hydrogens (tertiary/aromatic N) is 2. The van der Waals surface area contributed by atoms with Gasteiger partial charge in [-0.3, -0.25) is 24.1 Å². The Kier molecular flexibility index (Phi) is 11.7. The highest BCUT2D eigenvalue weighted by Crippen LogP contribution is 2.28. The molecule has 1 saturated heterocycles. The van der Waals surface area contributed by atoms with Crippen LogP contribution in [0, 0.1) is 17.8 Å². The van der Waals surface area contributed by atoms with E-state index in [0.717, 1.165) is 29.1 Å². The minimum atomic E-state index is -0.658. The lowest BCUT2D eigenvalue weighted by atomic mass is 9.81. The maximum Gasteiger partial charge on any atom is 0.245 e. The molecule has 0 spiro atoms. The van der Waals surface area contributed by atoms with Crippen LogP contribution < -0.4 is 10.1 Å². The molecule has 3 atom stereocenters. The van der Waals surface area contributed by atoms with E-state index in [1.807, 2.05) is 75.4 Å². The van der Waals surface area contributed by atoms with Gasteiger partial charge in [0.25, 0.3) is 0 Å². The second-order valence-corrected chi connectivity index (χ2v) is 11.1. The van der Waals surface area contributed by atoms with Gasteiger partial charge in [0.15, 0.2) is 0 Å². The van der Waals surface area contributed by atoms with Crippen LogP contribution in [0.1, 0.15) is 64.9 Å². The number of hydrogen-bond acceptors (Lipinski definition) is 5. The van der Waals surface area contributed by atoms with Crippen molar-refractivity contribution < 1.29 is 23.9 Å². The number of carbonyl (C=O) groups excluding carboxylic acids is 4. The molecule has 8 heteroatoms. The van der Waals surface area contributed by atoms with Gasteiger partial charge in [0.1, 0.15) is 17.5 Å². The molecule has 1 aliphatic rings. The molecule has 40 heavy (non-hydrogen) atoms. The van der Waals surface area contributed by atoms with Crippen molar-refractivity contribution >= 4 is 24.1 Å². The molecule has 0 aliphatic carbocycles. The van der Waals surface area contributed by atoms with E-state index in [4.69, 9.17) is 4.74 Å². The third-order valence-corrected chi connectivity index (χ3v) is 7.32. The number of benzene rings is 2. The summed E-state index contributed by atoms with van der Waals surface area (Å²) in [6.07, 6.45) is 4.38. The van der Waals surface area contributed by atoms with Gasteiger partial charge >= 0.3 is 0 Å². The van der Waals surface area contributed by atoms with Gasteiger partial charge < -0.3 is 15.0 Å². The molecule has 0 aromatic heterocycles. The summed E-state index contributed by atoms with van der Waals surface area (Å²) in [7, 11) is 1.43. The van der Waals surface area contributed by atoms with Crippen LogP contribution in [-0.2, 0) is 25.7 Å². The molecule has 1 fully saturated rings. The number of nitrogens with one attached hydrogen (secondary N) is 1. The Hall–Kier alpha value is -3.68. The molecule has 8 nitrogen and oxygen atoms in total. The average Bonchev–Trinajstić information content (AvgIpc) is 3.11. The Morgan fingerprint density at radius 2 is 1.80 bits per heavy atom. The molecule has 1 heterocycles. The van der Waals surface area contributed by atoms with Crippen LogP contribution in [0.4, 0.5) is 0 Å². The maximum atomic E-state index is 13.7. The van der Waals surface area contributed by atoms with Crippen LogP contribution in [0.5, 0.6) is 11.5 Å². The van der Waals surface area contributed by atoms with Crippen molar-refractivity contribution in [1.82, 2.24) is 15.1 Å². The summed E-state index contributed by atoms with van der Waals surface area (Å²) < 4.78 is 5.96. The number of hydrogen-bond donors (Lipinski definition) is 1. The van der Waals surface area contributed by atoms with Crippen LogP contribution in [0.3, 0.4) is 0 Å². The maximum absolute atomic E-state index is 13.7. The Bertz CT molecular complexity index is 1140. The van der Waals surface area contributed by atoms with E-state index in [0.29, 0.717) is 50.9 Å². The van der Waals surface area contributed by atoms with Crippen molar-refractivity contribution in [3.63, 3.8) is 0 Å². The predicted octanol–water partition coefficient (Wildman–Crippen LogP) is 5.17. The molecule has 3 unspecified atom stereocenters. The quantitative estimate of drug-likeness (QED) is 0.348. The summed E-state index contributed by atoms with van der Waals surface area (Å²) >= 11 is 0. The largest absolute Gasteiger partial charge is 0.457 e. The van der Waals surface area contributed by atoms with E-state index in [9.17, 15) is 19.2 Å². The van der Waals surface area contributed by atoms with Crippen LogP contribution in [-0.4, -0.2) is 53.6 Å². The summed E-state index contributed by atoms with van der Waals surface area (Å²) in [6.45, 7) is 6.98. The second kappa shape index (κ2) is 15.2. The highest BCUT2D eigenvalue weighted by Gasteiger charge is 2.37. The Balaban J connectivity index is 1.74. The lowest BCUT2D eigenvalue weighted by molar-refractivity contribution is -0.146. The highest BCUT2D eigenvalue weighted by molar-refractivity contribution is 5.94. The van der Waals surface area contributed by atoms with E-state index in [-0.39, 0.29) is 23.6 Å². The van der Waals surface area contributed by atoms with Crippen molar-refractivity contribution in [3.8, 4) is 11.5 Å². The van der Waals surface area contributed by atoms with Gasteiger partial charge in [-0.15, -0.1) is 0 Å². The molecule has 1 aliphatic heterocycles. The molecular weight excluding hydrogens is 506 g/mol. The minimum Gasteiger partial charge on any atom is -0.457 e. The first-order valence-corrected chi connectivity index (χ1v) is 14.4. The SMILES string of the molecule is CCCC(C(=O)N(C)C=O)C(CC(C)C)C(=O)NC1CCCCN(Cc2cccc(Oc3ccccc3)c2)C1=O. The average molecular weight is 550 g/mol. The normalized spacial score (nSPS) is 17.1. The number of likely N-dealkylation sites (tertiary alicyclic amines) is 1. The van der Waals surface area contributed by atoms with E-state index < -0.39 is 17.9 Å². The molecule has 2 aromatic rings. The number of amides is 4. The molecule has 1 N–H and O–H groups in total. The number of ether oxygens (including phenoxy) is 1. The molecule has 3 rings (SSSR count). The minimum absolute atomic E-state index is 0.119. The fraction of sp³-hybridized carbons (Fsp3) is 0.500. The van der Waals surface area contributed by atoms with E-state index in [2.05, 4.69) is 5.32 Å². The fourth-order valence-corrected chi connectivity index (χ4v) is 5.31. The number of rotatable bonds is 13. The van der Waals surface area contributed by atoms with Crippen molar-refractivity contribution in [1.29, 1.82) is 0 Å². The third kappa shape index (κ3) is 8.66. The summed E-state index contributed by atoms with van der Waals surface area (Å²) in [5, 5.41) is 3.01. The van der Waals surface area contributed by atoms with Gasteiger partial charge in [-0.25, -0.2) is 0 Å². The predicted molar refractivity (Wildman–Crippen MR) is 154 cm³/mol. The molecular formula is C32H43N3O5. The summed E-state index contributed by atoms with van der Waals surface area (Å²) in [6, 6.07) is 16.6. The molecule has 0 radical (unpaired) electrons. The van der Waals surface area contributed by atoms with Crippen LogP contribution in [0.15, 0.2) is 54.6 Å². The van der Waals surface area contributed by atoms with Crippen LogP contribution in [0.2, 0.25) is 0 Å². The first kappa shape index (κ1) is 30.9. The Morgan fingerprint density at radius 3 is 2.48 bits per heavy atom. The molecule has 216 valence electrons. The summed E-state index contributed by atoms with van der Waals surface area (Å²) in [5.74, 6) is -0.411. The molecule has 4 amide bonds. The lowest BCUT2D eigenvalue weighted by Crippen LogP contribution is -2.51. The van der Waals surface area contributed by atoms with E-state index >= 15 is 0 Å². The van der Waals surface area contributed by atoms with Gasteiger partial charge in [0.05, 0.1) is 5.92 Å². The Labute approximate surface area is 238 Å². The standard InChI is InChI=1S/C32H43N3O5/c1-5-12-27(31(38)34(4)22-36)28(19-23(2)3)30(37)33-29-17-9-10-18-35(32(29)39)21-24-13-11-16-26(20-24)40-25-14-7-6-8-15-25/h6-8,11,13-16,20,22-23,27-29H,5,9-10,12,17-19,21H2,1-4H3,(H,33,37). The number of imide groups is 1.